The second kappa shape index (κ2) is 7.39. The molecule has 0 saturated carbocycles. The highest BCUT2D eigenvalue weighted by molar-refractivity contribution is 7.94. The molecular weight excluding hydrogens is 382 g/mol. The van der Waals surface area contributed by atoms with Crippen molar-refractivity contribution in [2.75, 3.05) is 4.72 Å². The second-order valence-corrected chi connectivity index (χ2v) is 9.13. The third-order valence-electron chi connectivity index (χ3n) is 3.72. The van der Waals surface area contributed by atoms with E-state index in [-0.39, 0.29) is 4.21 Å². The van der Waals surface area contributed by atoms with E-state index in [9.17, 15) is 13.7 Å². The minimum atomic E-state index is -3.61. The molecule has 0 atom stereocenters. The first-order chi connectivity index (χ1) is 12.8. The van der Waals surface area contributed by atoms with Crippen LogP contribution in [0, 0.1) is 32.1 Å². The average molecular weight is 399 g/mol. The van der Waals surface area contributed by atoms with Crippen LogP contribution in [0.15, 0.2) is 46.7 Å². The van der Waals surface area contributed by atoms with E-state index < -0.39 is 10.0 Å². The van der Waals surface area contributed by atoms with E-state index in [0.29, 0.717) is 28.4 Å². The molecule has 1 N–H and O–H groups in total. The number of pyridine rings is 1. The normalized spacial score (nSPS) is 11.0. The van der Waals surface area contributed by atoms with Crippen LogP contribution in [0.4, 0.5) is 5.69 Å². The van der Waals surface area contributed by atoms with Gasteiger partial charge in [0.2, 0.25) is 0 Å². The third-order valence-corrected chi connectivity index (χ3v) is 6.59. The number of hydrogen-bond acceptors (Lipinski definition) is 6. The first kappa shape index (κ1) is 18.9. The SMILES string of the molecule is Cc1cc(Oc2ccc(NS(=O)(=O)c3ccc(C)s3)cc2)c(C#N)c(C)n1. The topological polar surface area (TPSA) is 92.1 Å². The van der Waals surface area contributed by atoms with Crippen molar-refractivity contribution in [1.82, 2.24) is 4.98 Å². The minimum Gasteiger partial charge on any atom is -0.456 e. The predicted molar refractivity (Wildman–Crippen MR) is 105 cm³/mol. The molecule has 2 aromatic heterocycles. The molecule has 0 spiro atoms. The van der Waals surface area contributed by atoms with Crippen molar-refractivity contribution in [3.63, 3.8) is 0 Å². The van der Waals surface area contributed by atoms with E-state index in [1.54, 1.807) is 49.4 Å². The van der Waals surface area contributed by atoms with Gasteiger partial charge in [0.1, 0.15) is 27.3 Å². The molecule has 3 aromatic rings. The summed E-state index contributed by atoms with van der Waals surface area (Å²) in [7, 11) is -3.61. The van der Waals surface area contributed by atoms with Crippen LogP contribution in [0.3, 0.4) is 0 Å². The van der Waals surface area contributed by atoms with Crippen molar-refractivity contribution in [3.05, 3.63) is 64.3 Å². The molecule has 8 heteroatoms. The summed E-state index contributed by atoms with van der Waals surface area (Å²) in [6.45, 7) is 5.43. The average Bonchev–Trinajstić information content (AvgIpc) is 3.04. The van der Waals surface area contributed by atoms with Gasteiger partial charge in [0, 0.05) is 22.3 Å². The number of aromatic nitrogens is 1. The van der Waals surface area contributed by atoms with E-state index in [2.05, 4.69) is 15.8 Å². The summed E-state index contributed by atoms with van der Waals surface area (Å²) >= 11 is 1.21. The Morgan fingerprint density at radius 3 is 2.41 bits per heavy atom. The molecule has 1 aromatic carbocycles. The van der Waals surface area contributed by atoms with Gasteiger partial charge in [0.05, 0.1) is 5.69 Å². The summed E-state index contributed by atoms with van der Waals surface area (Å²) in [6, 6.07) is 13.6. The maximum absolute atomic E-state index is 12.4. The van der Waals surface area contributed by atoms with Gasteiger partial charge < -0.3 is 4.74 Å². The Labute approximate surface area is 162 Å². The number of nitrogens with one attached hydrogen (secondary N) is 1. The quantitative estimate of drug-likeness (QED) is 0.680. The van der Waals surface area contributed by atoms with Crippen molar-refractivity contribution in [3.8, 4) is 17.6 Å². The highest BCUT2D eigenvalue weighted by Crippen LogP contribution is 2.29. The van der Waals surface area contributed by atoms with Gasteiger partial charge in [0.25, 0.3) is 10.0 Å². The Morgan fingerprint density at radius 2 is 1.81 bits per heavy atom. The van der Waals surface area contributed by atoms with Gasteiger partial charge in [-0.05, 0) is 57.2 Å². The zero-order valence-corrected chi connectivity index (χ0v) is 16.6. The number of rotatable bonds is 5. The molecule has 0 saturated heterocycles. The molecule has 0 amide bonds. The molecule has 0 aliphatic heterocycles. The van der Waals surface area contributed by atoms with E-state index in [1.165, 1.54) is 11.3 Å². The summed E-state index contributed by atoms with van der Waals surface area (Å²) < 4.78 is 33.4. The van der Waals surface area contributed by atoms with E-state index in [1.807, 2.05) is 13.8 Å². The zero-order valence-electron chi connectivity index (χ0n) is 15.0. The summed E-state index contributed by atoms with van der Waals surface area (Å²) in [6.07, 6.45) is 0. The van der Waals surface area contributed by atoms with Gasteiger partial charge in [-0.15, -0.1) is 11.3 Å². The second-order valence-electron chi connectivity index (χ2n) is 5.93. The van der Waals surface area contributed by atoms with Gasteiger partial charge in [-0.3, -0.25) is 9.71 Å². The monoisotopic (exact) mass is 399 g/mol. The molecule has 3 rings (SSSR count). The molecule has 6 nitrogen and oxygen atoms in total. The Bertz CT molecular complexity index is 1130. The number of hydrogen-bond donors (Lipinski definition) is 1. The largest absolute Gasteiger partial charge is 0.456 e. The Morgan fingerprint density at radius 1 is 1.11 bits per heavy atom. The fourth-order valence-electron chi connectivity index (χ4n) is 2.49. The molecule has 0 fully saturated rings. The molecule has 138 valence electrons. The Hall–Kier alpha value is -2.89. The lowest BCUT2D eigenvalue weighted by Crippen LogP contribution is -2.11. The lowest BCUT2D eigenvalue weighted by molar-refractivity contribution is 0.479. The van der Waals surface area contributed by atoms with Crippen LogP contribution in [-0.4, -0.2) is 13.4 Å². The van der Waals surface area contributed by atoms with Crippen molar-refractivity contribution < 1.29 is 13.2 Å². The summed E-state index contributed by atoms with van der Waals surface area (Å²) in [5.41, 5.74) is 2.15. The molecule has 0 unspecified atom stereocenters. The molecule has 27 heavy (non-hydrogen) atoms. The van der Waals surface area contributed by atoms with Crippen LogP contribution in [0.5, 0.6) is 11.5 Å². The van der Waals surface area contributed by atoms with Crippen molar-refractivity contribution in [2.24, 2.45) is 0 Å². The lowest BCUT2D eigenvalue weighted by atomic mass is 10.2. The number of ether oxygens (including phenoxy) is 1. The molecular formula is C19H17N3O3S2. The first-order valence-electron chi connectivity index (χ1n) is 8.04. The number of benzene rings is 1. The number of sulfonamides is 1. The van der Waals surface area contributed by atoms with Gasteiger partial charge in [-0.1, -0.05) is 0 Å². The molecule has 2 heterocycles. The number of aryl methyl sites for hydroxylation is 3. The van der Waals surface area contributed by atoms with Crippen LogP contribution in [0.2, 0.25) is 0 Å². The molecule has 0 aliphatic carbocycles. The molecule has 0 radical (unpaired) electrons. The van der Waals surface area contributed by atoms with E-state index in [0.717, 1.165) is 10.6 Å². The summed E-state index contributed by atoms with van der Waals surface area (Å²) in [5, 5.41) is 9.30. The molecule has 0 bridgehead atoms. The third kappa shape index (κ3) is 4.27. The fourth-order valence-corrected chi connectivity index (χ4v) is 4.83. The smallest absolute Gasteiger partial charge is 0.271 e. The number of nitriles is 1. The van der Waals surface area contributed by atoms with Crippen LogP contribution in [-0.2, 0) is 10.0 Å². The predicted octanol–water partition coefficient (Wildman–Crippen LogP) is 4.53. The lowest BCUT2D eigenvalue weighted by Gasteiger charge is -2.11. The Kier molecular flexibility index (Phi) is 5.17. The van der Waals surface area contributed by atoms with E-state index in [4.69, 9.17) is 4.74 Å². The maximum atomic E-state index is 12.4. The van der Waals surface area contributed by atoms with Crippen molar-refractivity contribution in [2.45, 2.75) is 25.0 Å². The van der Waals surface area contributed by atoms with Crippen LogP contribution in [0.25, 0.3) is 0 Å². The molecule has 0 aliphatic rings. The highest BCUT2D eigenvalue weighted by Gasteiger charge is 2.16. The zero-order chi connectivity index (χ0) is 19.6. The van der Waals surface area contributed by atoms with Crippen LogP contribution in [0.1, 0.15) is 21.8 Å². The first-order valence-corrected chi connectivity index (χ1v) is 10.3. The number of thiophene rings is 1. The Balaban J connectivity index is 1.80. The van der Waals surface area contributed by atoms with Crippen molar-refractivity contribution in [1.29, 1.82) is 5.26 Å². The van der Waals surface area contributed by atoms with Crippen LogP contribution >= 0.6 is 11.3 Å². The van der Waals surface area contributed by atoms with Gasteiger partial charge in [-0.25, -0.2) is 8.42 Å². The van der Waals surface area contributed by atoms with Crippen LogP contribution < -0.4 is 9.46 Å². The standard InChI is InChI=1S/C19H17N3O3S2/c1-12-10-18(17(11-20)14(3)21-12)25-16-7-5-15(6-8-16)22-27(23,24)19-9-4-13(2)26-19/h4-10,22H,1-3H3. The van der Waals surface area contributed by atoms with Gasteiger partial charge >= 0.3 is 0 Å². The maximum Gasteiger partial charge on any atom is 0.271 e. The van der Waals surface area contributed by atoms with Crippen molar-refractivity contribution >= 4 is 27.0 Å². The highest BCUT2D eigenvalue weighted by atomic mass is 32.2. The van der Waals surface area contributed by atoms with Gasteiger partial charge in [-0.2, -0.15) is 5.26 Å². The fraction of sp³-hybridized carbons (Fsp3) is 0.158. The van der Waals surface area contributed by atoms with Gasteiger partial charge in [0.15, 0.2) is 0 Å². The minimum absolute atomic E-state index is 0.265. The number of anilines is 1. The summed E-state index contributed by atoms with van der Waals surface area (Å²) in [4.78, 5) is 5.18. The van der Waals surface area contributed by atoms with E-state index >= 15 is 0 Å². The number of nitrogens with zero attached hydrogens (tertiary/aromatic N) is 2. The summed E-state index contributed by atoms with van der Waals surface area (Å²) in [5.74, 6) is 0.913.